The van der Waals surface area contributed by atoms with Gasteiger partial charge in [0, 0.05) is 17.8 Å². The summed E-state index contributed by atoms with van der Waals surface area (Å²) in [6.07, 6.45) is 1.53. The van der Waals surface area contributed by atoms with Crippen molar-refractivity contribution in [3.8, 4) is 11.5 Å². The molecule has 0 radical (unpaired) electrons. The first-order valence-electron chi connectivity index (χ1n) is 5.36. The second-order valence-electron chi connectivity index (χ2n) is 4.17. The maximum absolute atomic E-state index is 11.1. The van der Waals surface area contributed by atoms with Crippen LogP contribution in [0.2, 0.25) is 0 Å². The molecule has 90 valence electrons. The first-order valence-corrected chi connectivity index (χ1v) is 5.36. The number of rotatable bonds is 3. The second-order valence-corrected chi connectivity index (χ2v) is 4.17. The maximum atomic E-state index is 11.1. The molecule has 2 aromatic heterocycles. The van der Waals surface area contributed by atoms with Crippen LogP contribution in [0, 0.1) is 5.92 Å². The molecule has 0 amide bonds. The summed E-state index contributed by atoms with van der Waals surface area (Å²) in [6, 6.07) is 2.83. The van der Waals surface area contributed by atoms with Crippen LogP contribution in [0.25, 0.3) is 11.5 Å². The fourth-order valence-electron chi connectivity index (χ4n) is 1.36. The third kappa shape index (κ3) is 2.42. The van der Waals surface area contributed by atoms with Gasteiger partial charge in [-0.1, -0.05) is 19.0 Å². The van der Waals surface area contributed by atoms with E-state index in [2.05, 4.69) is 15.1 Å². The van der Waals surface area contributed by atoms with Gasteiger partial charge >= 0.3 is 0 Å². The Hall–Kier alpha value is -1.95. The van der Waals surface area contributed by atoms with E-state index in [0.29, 0.717) is 17.3 Å². The van der Waals surface area contributed by atoms with E-state index in [1.165, 1.54) is 12.3 Å². The number of aromatic amines is 1. The summed E-state index contributed by atoms with van der Waals surface area (Å²) in [6.45, 7) is 3.96. The molecule has 6 nitrogen and oxygen atoms in total. The SMILES string of the molecule is CC(C)C(N)c1noc(-c2cc[nH]c(=O)c2)n1. The molecule has 0 saturated heterocycles. The van der Waals surface area contributed by atoms with Gasteiger partial charge in [-0.25, -0.2) is 0 Å². The Bertz CT molecular complexity index is 558. The van der Waals surface area contributed by atoms with Gasteiger partial charge in [0.25, 0.3) is 5.89 Å². The average molecular weight is 234 g/mol. The minimum atomic E-state index is -0.269. The molecule has 2 aromatic rings. The van der Waals surface area contributed by atoms with Crippen LogP contribution in [0.5, 0.6) is 0 Å². The molecule has 17 heavy (non-hydrogen) atoms. The molecule has 0 aliphatic rings. The van der Waals surface area contributed by atoms with Crippen molar-refractivity contribution in [2.75, 3.05) is 0 Å². The molecule has 2 rings (SSSR count). The lowest BCUT2D eigenvalue weighted by atomic mass is 10.1. The van der Waals surface area contributed by atoms with E-state index < -0.39 is 0 Å². The van der Waals surface area contributed by atoms with Gasteiger partial charge < -0.3 is 15.2 Å². The highest BCUT2D eigenvalue weighted by Gasteiger charge is 2.18. The fourth-order valence-corrected chi connectivity index (χ4v) is 1.36. The Morgan fingerprint density at radius 3 is 2.88 bits per heavy atom. The van der Waals surface area contributed by atoms with Gasteiger partial charge in [-0.3, -0.25) is 4.79 Å². The molecule has 0 spiro atoms. The summed E-state index contributed by atoms with van der Waals surface area (Å²) < 4.78 is 5.08. The highest BCUT2D eigenvalue weighted by atomic mass is 16.5. The number of H-pyrrole nitrogens is 1. The lowest BCUT2D eigenvalue weighted by Gasteiger charge is -2.09. The van der Waals surface area contributed by atoms with Crippen LogP contribution in [0.15, 0.2) is 27.6 Å². The van der Waals surface area contributed by atoms with E-state index in [-0.39, 0.29) is 17.5 Å². The molecule has 0 saturated carbocycles. The van der Waals surface area contributed by atoms with Crippen molar-refractivity contribution in [1.29, 1.82) is 0 Å². The quantitative estimate of drug-likeness (QED) is 0.828. The zero-order chi connectivity index (χ0) is 12.4. The van der Waals surface area contributed by atoms with E-state index in [1.54, 1.807) is 6.07 Å². The minimum Gasteiger partial charge on any atom is -0.334 e. The van der Waals surface area contributed by atoms with Crippen molar-refractivity contribution in [1.82, 2.24) is 15.1 Å². The number of pyridine rings is 1. The molecule has 0 aromatic carbocycles. The van der Waals surface area contributed by atoms with Crippen LogP contribution in [-0.2, 0) is 0 Å². The highest BCUT2D eigenvalue weighted by molar-refractivity contribution is 5.51. The van der Waals surface area contributed by atoms with Crippen LogP contribution in [-0.4, -0.2) is 15.1 Å². The Morgan fingerprint density at radius 1 is 1.47 bits per heavy atom. The number of nitrogens with zero attached hydrogens (tertiary/aromatic N) is 2. The largest absolute Gasteiger partial charge is 0.334 e. The molecule has 0 fully saturated rings. The second kappa shape index (κ2) is 4.50. The van der Waals surface area contributed by atoms with E-state index in [1.807, 2.05) is 13.8 Å². The van der Waals surface area contributed by atoms with Gasteiger partial charge in [0.05, 0.1) is 6.04 Å². The molecular formula is C11H14N4O2. The Labute approximate surface area is 97.9 Å². The van der Waals surface area contributed by atoms with Crippen LogP contribution in [0.1, 0.15) is 25.7 Å². The fraction of sp³-hybridized carbons (Fsp3) is 0.364. The number of hydrogen-bond acceptors (Lipinski definition) is 5. The number of nitrogens with one attached hydrogen (secondary N) is 1. The average Bonchev–Trinajstić information content (AvgIpc) is 2.77. The van der Waals surface area contributed by atoms with E-state index in [0.717, 1.165) is 0 Å². The summed E-state index contributed by atoms with van der Waals surface area (Å²) in [5.74, 6) is 0.983. The zero-order valence-corrected chi connectivity index (χ0v) is 9.68. The summed E-state index contributed by atoms with van der Waals surface area (Å²) >= 11 is 0. The Kier molecular flexibility index (Phi) is 3.06. The predicted molar refractivity (Wildman–Crippen MR) is 62.1 cm³/mol. The third-order valence-electron chi connectivity index (χ3n) is 2.48. The lowest BCUT2D eigenvalue weighted by Crippen LogP contribution is -2.18. The van der Waals surface area contributed by atoms with Crippen LogP contribution < -0.4 is 11.3 Å². The molecule has 1 atom stereocenters. The van der Waals surface area contributed by atoms with Crippen molar-refractivity contribution in [3.05, 3.63) is 34.5 Å². The first-order chi connectivity index (χ1) is 8.08. The number of hydrogen-bond donors (Lipinski definition) is 2. The van der Waals surface area contributed by atoms with Crippen LogP contribution >= 0.6 is 0 Å². The normalized spacial score (nSPS) is 12.9. The van der Waals surface area contributed by atoms with Crippen molar-refractivity contribution < 1.29 is 4.52 Å². The molecule has 6 heteroatoms. The van der Waals surface area contributed by atoms with E-state index >= 15 is 0 Å². The zero-order valence-electron chi connectivity index (χ0n) is 9.68. The maximum Gasteiger partial charge on any atom is 0.258 e. The van der Waals surface area contributed by atoms with Crippen molar-refractivity contribution in [2.24, 2.45) is 11.7 Å². The summed E-state index contributed by atoms with van der Waals surface area (Å²) in [4.78, 5) is 17.8. The summed E-state index contributed by atoms with van der Waals surface area (Å²) in [7, 11) is 0. The Morgan fingerprint density at radius 2 is 2.24 bits per heavy atom. The first kappa shape index (κ1) is 11.5. The predicted octanol–water partition coefficient (Wildman–Crippen LogP) is 1.08. The molecule has 1 unspecified atom stereocenters. The highest BCUT2D eigenvalue weighted by Crippen LogP contribution is 2.20. The Balaban J connectivity index is 2.33. The van der Waals surface area contributed by atoms with Crippen molar-refractivity contribution in [2.45, 2.75) is 19.9 Å². The van der Waals surface area contributed by atoms with E-state index in [4.69, 9.17) is 10.3 Å². The number of nitrogens with two attached hydrogens (primary N) is 1. The van der Waals surface area contributed by atoms with Gasteiger partial charge in [-0.05, 0) is 12.0 Å². The van der Waals surface area contributed by atoms with Gasteiger partial charge in [-0.2, -0.15) is 4.98 Å². The standard InChI is InChI=1S/C11H14N4O2/c1-6(2)9(12)10-14-11(17-15-10)7-3-4-13-8(16)5-7/h3-6,9H,12H2,1-2H3,(H,13,16). The van der Waals surface area contributed by atoms with Gasteiger partial charge in [0.1, 0.15) is 0 Å². The van der Waals surface area contributed by atoms with Gasteiger partial charge in [0.15, 0.2) is 5.82 Å². The smallest absolute Gasteiger partial charge is 0.258 e. The summed E-state index contributed by atoms with van der Waals surface area (Å²) in [5, 5.41) is 3.82. The molecule has 3 N–H and O–H groups in total. The van der Waals surface area contributed by atoms with Crippen molar-refractivity contribution in [3.63, 3.8) is 0 Å². The van der Waals surface area contributed by atoms with Crippen LogP contribution in [0.4, 0.5) is 0 Å². The van der Waals surface area contributed by atoms with Gasteiger partial charge in [-0.15, -0.1) is 0 Å². The number of aromatic nitrogens is 3. The topological polar surface area (TPSA) is 97.8 Å². The molecule has 0 aliphatic carbocycles. The minimum absolute atomic E-state index is 0.213. The summed E-state index contributed by atoms with van der Waals surface area (Å²) in [5.41, 5.74) is 6.28. The lowest BCUT2D eigenvalue weighted by molar-refractivity contribution is 0.400. The monoisotopic (exact) mass is 234 g/mol. The third-order valence-corrected chi connectivity index (χ3v) is 2.48. The molecular weight excluding hydrogens is 220 g/mol. The van der Waals surface area contributed by atoms with E-state index in [9.17, 15) is 4.79 Å². The molecule has 0 aliphatic heterocycles. The van der Waals surface area contributed by atoms with Crippen LogP contribution in [0.3, 0.4) is 0 Å². The van der Waals surface area contributed by atoms with Gasteiger partial charge in [0.2, 0.25) is 5.56 Å². The molecule has 0 bridgehead atoms. The van der Waals surface area contributed by atoms with Crippen molar-refractivity contribution >= 4 is 0 Å². The molecule has 2 heterocycles.